The standard InChI is InChI=1S/C10H14N2OS/c1-6-3-9(14-7(6)2)10(13)12-8-4-11-5-8/h3,8,11H,4-5H2,1-2H3,(H,12,13). The van der Waals surface area contributed by atoms with Gasteiger partial charge in [-0.2, -0.15) is 0 Å². The van der Waals surface area contributed by atoms with Crippen molar-refractivity contribution in [3.63, 3.8) is 0 Å². The second-order valence-electron chi connectivity index (χ2n) is 3.68. The van der Waals surface area contributed by atoms with Gasteiger partial charge in [-0.15, -0.1) is 11.3 Å². The van der Waals surface area contributed by atoms with Gasteiger partial charge in [0.2, 0.25) is 0 Å². The lowest BCUT2D eigenvalue weighted by molar-refractivity contribution is 0.0928. The fraction of sp³-hybridized carbons (Fsp3) is 0.500. The van der Waals surface area contributed by atoms with E-state index in [1.54, 1.807) is 11.3 Å². The van der Waals surface area contributed by atoms with Crippen LogP contribution < -0.4 is 10.6 Å². The summed E-state index contributed by atoms with van der Waals surface area (Å²) < 4.78 is 0. The lowest BCUT2D eigenvalue weighted by Crippen LogP contribution is -2.56. The van der Waals surface area contributed by atoms with Crippen LogP contribution in [0.4, 0.5) is 0 Å². The fourth-order valence-corrected chi connectivity index (χ4v) is 2.27. The first-order valence-corrected chi connectivity index (χ1v) is 5.57. The van der Waals surface area contributed by atoms with E-state index in [1.807, 2.05) is 19.9 Å². The summed E-state index contributed by atoms with van der Waals surface area (Å²) >= 11 is 1.57. The molecule has 1 saturated heterocycles. The molecule has 0 unspecified atom stereocenters. The Labute approximate surface area is 87.5 Å². The number of carbonyl (C=O) groups is 1. The van der Waals surface area contributed by atoms with E-state index in [0.717, 1.165) is 18.0 Å². The summed E-state index contributed by atoms with van der Waals surface area (Å²) in [5.41, 5.74) is 1.20. The lowest BCUT2D eigenvalue weighted by Gasteiger charge is -2.27. The maximum absolute atomic E-state index is 11.7. The Kier molecular flexibility index (Phi) is 2.56. The lowest BCUT2D eigenvalue weighted by atomic mass is 10.2. The van der Waals surface area contributed by atoms with Gasteiger partial charge in [-0.05, 0) is 25.5 Å². The molecule has 0 radical (unpaired) electrons. The van der Waals surface area contributed by atoms with Gasteiger partial charge in [0, 0.05) is 18.0 Å². The van der Waals surface area contributed by atoms with E-state index < -0.39 is 0 Å². The first kappa shape index (κ1) is 9.68. The predicted octanol–water partition coefficient (Wildman–Crippen LogP) is 1.07. The van der Waals surface area contributed by atoms with Crippen molar-refractivity contribution in [2.75, 3.05) is 13.1 Å². The Balaban J connectivity index is 2.02. The maximum atomic E-state index is 11.7. The van der Waals surface area contributed by atoms with E-state index in [0.29, 0.717) is 6.04 Å². The van der Waals surface area contributed by atoms with Crippen molar-refractivity contribution in [1.29, 1.82) is 0 Å². The zero-order valence-corrected chi connectivity index (χ0v) is 9.20. The molecule has 0 aromatic carbocycles. The van der Waals surface area contributed by atoms with E-state index in [1.165, 1.54) is 10.4 Å². The third-order valence-electron chi connectivity index (χ3n) is 2.51. The van der Waals surface area contributed by atoms with Crippen molar-refractivity contribution in [3.05, 3.63) is 21.4 Å². The second-order valence-corrected chi connectivity index (χ2v) is 4.93. The molecule has 2 N–H and O–H groups in total. The number of thiophene rings is 1. The third kappa shape index (κ3) is 1.81. The number of nitrogens with one attached hydrogen (secondary N) is 2. The number of amides is 1. The Bertz CT molecular complexity index is 336. The molecule has 0 saturated carbocycles. The smallest absolute Gasteiger partial charge is 0.261 e. The minimum absolute atomic E-state index is 0.0673. The van der Waals surface area contributed by atoms with E-state index in [-0.39, 0.29) is 5.91 Å². The van der Waals surface area contributed by atoms with E-state index in [9.17, 15) is 4.79 Å². The summed E-state index contributed by atoms with van der Waals surface area (Å²) in [7, 11) is 0. The van der Waals surface area contributed by atoms with Crippen LogP contribution in [0.5, 0.6) is 0 Å². The van der Waals surface area contributed by atoms with Crippen LogP contribution in [-0.2, 0) is 0 Å². The third-order valence-corrected chi connectivity index (χ3v) is 3.66. The van der Waals surface area contributed by atoms with E-state index in [4.69, 9.17) is 0 Å². The van der Waals surface area contributed by atoms with Gasteiger partial charge in [0.15, 0.2) is 0 Å². The highest BCUT2D eigenvalue weighted by molar-refractivity contribution is 7.14. The molecule has 0 aliphatic carbocycles. The molecule has 0 spiro atoms. The summed E-state index contributed by atoms with van der Waals surface area (Å²) in [4.78, 5) is 13.7. The van der Waals surface area contributed by atoms with Crippen molar-refractivity contribution in [3.8, 4) is 0 Å². The molecule has 1 aliphatic heterocycles. The van der Waals surface area contributed by atoms with Crippen LogP contribution in [0.2, 0.25) is 0 Å². The molecule has 1 fully saturated rings. The van der Waals surface area contributed by atoms with Gasteiger partial charge in [-0.3, -0.25) is 4.79 Å². The molecule has 1 aromatic heterocycles. The molecule has 2 rings (SSSR count). The minimum Gasteiger partial charge on any atom is -0.346 e. The summed E-state index contributed by atoms with van der Waals surface area (Å²) in [6, 6.07) is 2.28. The zero-order chi connectivity index (χ0) is 10.1. The molecule has 1 aromatic rings. The predicted molar refractivity (Wildman–Crippen MR) is 57.9 cm³/mol. The van der Waals surface area contributed by atoms with Crippen molar-refractivity contribution in [2.45, 2.75) is 19.9 Å². The monoisotopic (exact) mass is 210 g/mol. The number of rotatable bonds is 2. The first-order chi connectivity index (χ1) is 6.66. The Morgan fingerprint density at radius 2 is 2.29 bits per heavy atom. The normalized spacial score (nSPS) is 16.4. The quantitative estimate of drug-likeness (QED) is 0.766. The largest absolute Gasteiger partial charge is 0.346 e. The van der Waals surface area contributed by atoms with Crippen LogP contribution in [-0.4, -0.2) is 25.0 Å². The highest BCUT2D eigenvalue weighted by atomic mass is 32.1. The van der Waals surface area contributed by atoms with E-state index in [2.05, 4.69) is 10.6 Å². The molecule has 76 valence electrons. The molecule has 3 nitrogen and oxygen atoms in total. The number of hydrogen-bond donors (Lipinski definition) is 2. The molecule has 0 bridgehead atoms. The van der Waals surface area contributed by atoms with E-state index >= 15 is 0 Å². The number of hydrogen-bond acceptors (Lipinski definition) is 3. The Morgan fingerprint density at radius 3 is 2.71 bits per heavy atom. The summed E-state index contributed by atoms with van der Waals surface area (Å²) in [5, 5.41) is 6.11. The van der Waals surface area contributed by atoms with Gasteiger partial charge >= 0.3 is 0 Å². The Morgan fingerprint density at radius 1 is 1.57 bits per heavy atom. The average Bonchev–Trinajstić information content (AvgIpc) is 2.40. The second kappa shape index (κ2) is 3.71. The van der Waals surface area contributed by atoms with Crippen molar-refractivity contribution in [2.24, 2.45) is 0 Å². The van der Waals surface area contributed by atoms with Crippen LogP contribution in [0.15, 0.2) is 6.07 Å². The highest BCUT2D eigenvalue weighted by Gasteiger charge is 2.20. The summed E-state index contributed by atoms with van der Waals surface area (Å²) in [6.07, 6.45) is 0. The van der Waals surface area contributed by atoms with Crippen LogP contribution in [0, 0.1) is 13.8 Å². The fourth-order valence-electron chi connectivity index (χ4n) is 1.33. The topological polar surface area (TPSA) is 41.1 Å². The Hall–Kier alpha value is -0.870. The molecular weight excluding hydrogens is 196 g/mol. The van der Waals surface area contributed by atoms with Crippen molar-refractivity contribution in [1.82, 2.24) is 10.6 Å². The molecular formula is C10H14N2OS. The molecule has 0 atom stereocenters. The first-order valence-electron chi connectivity index (χ1n) is 4.75. The molecule has 1 amide bonds. The van der Waals surface area contributed by atoms with Gasteiger partial charge in [-0.1, -0.05) is 0 Å². The van der Waals surface area contributed by atoms with Crippen molar-refractivity contribution < 1.29 is 4.79 Å². The van der Waals surface area contributed by atoms with Crippen molar-refractivity contribution >= 4 is 17.2 Å². The molecule has 14 heavy (non-hydrogen) atoms. The summed E-state index contributed by atoms with van der Waals surface area (Å²) in [6.45, 7) is 5.87. The average molecular weight is 210 g/mol. The van der Waals surface area contributed by atoms with Gasteiger partial charge in [0.05, 0.1) is 10.9 Å². The number of aryl methyl sites for hydroxylation is 2. The zero-order valence-electron chi connectivity index (χ0n) is 8.39. The minimum atomic E-state index is 0.0673. The van der Waals surface area contributed by atoms with Gasteiger partial charge in [-0.25, -0.2) is 0 Å². The molecule has 1 aliphatic rings. The van der Waals surface area contributed by atoms with Crippen LogP contribution >= 0.6 is 11.3 Å². The highest BCUT2D eigenvalue weighted by Crippen LogP contribution is 2.20. The van der Waals surface area contributed by atoms with Gasteiger partial charge < -0.3 is 10.6 Å². The SMILES string of the molecule is Cc1cc(C(=O)NC2CNC2)sc1C. The number of carbonyl (C=O) groups excluding carboxylic acids is 1. The summed E-state index contributed by atoms with van der Waals surface area (Å²) in [5.74, 6) is 0.0673. The van der Waals surface area contributed by atoms with Crippen LogP contribution in [0.3, 0.4) is 0 Å². The van der Waals surface area contributed by atoms with Crippen LogP contribution in [0.25, 0.3) is 0 Å². The molecule has 4 heteroatoms. The van der Waals surface area contributed by atoms with Gasteiger partial charge in [0.1, 0.15) is 0 Å². The van der Waals surface area contributed by atoms with Gasteiger partial charge in [0.25, 0.3) is 5.91 Å². The maximum Gasteiger partial charge on any atom is 0.261 e. The van der Waals surface area contributed by atoms with Crippen LogP contribution in [0.1, 0.15) is 20.1 Å². The molecule has 2 heterocycles.